The number of para-hydroxylation sites is 1. The van der Waals surface area contributed by atoms with E-state index in [0.717, 1.165) is 25.5 Å². The predicted octanol–water partition coefficient (Wildman–Crippen LogP) is 5.34. The highest BCUT2D eigenvalue weighted by Gasteiger charge is 2.13. The molecule has 1 heterocycles. The Kier molecular flexibility index (Phi) is 4.67. The number of nitrogens with zero attached hydrogens (tertiary/aromatic N) is 1. The SMILES string of the molecule is O=C(NC(=S)Nc1nc2ccccc2s1)c1cccc2c(Br)cccc12. The molecule has 128 valence electrons. The zero-order chi connectivity index (χ0) is 18.1. The van der Waals surface area contributed by atoms with E-state index in [-0.39, 0.29) is 11.0 Å². The van der Waals surface area contributed by atoms with Crippen LogP contribution in [0.3, 0.4) is 0 Å². The zero-order valence-corrected chi connectivity index (χ0v) is 16.5. The van der Waals surface area contributed by atoms with Gasteiger partial charge in [-0.3, -0.25) is 10.1 Å². The van der Waals surface area contributed by atoms with Crippen LogP contribution in [0.15, 0.2) is 65.1 Å². The summed E-state index contributed by atoms with van der Waals surface area (Å²) < 4.78 is 2.00. The molecule has 4 rings (SSSR count). The van der Waals surface area contributed by atoms with E-state index < -0.39 is 0 Å². The molecule has 0 atom stereocenters. The average Bonchev–Trinajstić information content (AvgIpc) is 3.03. The predicted molar refractivity (Wildman–Crippen MR) is 115 cm³/mol. The molecule has 0 unspecified atom stereocenters. The smallest absolute Gasteiger partial charge is 0.258 e. The number of thiocarbonyl (C=S) groups is 1. The highest BCUT2D eigenvalue weighted by atomic mass is 79.9. The molecule has 2 N–H and O–H groups in total. The number of halogens is 1. The lowest BCUT2D eigenvalue weighted by atomic mass is 10.0. The number of fused-ring (bicyclic) bond motifs is 2. The summed E-state index contributed by atoms with van der Waals surface area (Å²) in [6.45, 7) is 0. The van der Waals surface area contributed by atoms with E-state index in [1.165, 1.54) is 11.3 Å². The van der Waals surface area contributed by atoms with E-state index in [1.807, 2.05) is 54.6 Å². The van der Waals surface area contributed by atoms with Crippen molar-refractivity contribution in [3.8, 4) is 0 Å². The molecule has 0 radical (unpaired) electrons. The van der Waals surface area contributed by atoms with Gasteiger partial charge in [0.15, 0.2) is 10.2 Å². The number of hydrogen-bond donors (Lipinski definition) is 2. The third kappa shape index (κ3) is 3.33. The summed E-state index contributed by atoms with van der Waals surface area (Å²) in [4.78, 5) is 17.1. The van der Waals surface area contributed by atoms with E-state index in [9.17, 15) is 4.79 Å². The second kappa shape index (κ2) is 7.11. The van der Waals surface area contributed by atoms with Crippen molar-refractivity contribution in [1.29, 1.82) is 0 Å². The topological polar surface area (TPSA) is 54.0 Å². The van der Waals surface area contributed by atoms with Gasteiger partial charge in [-0.2, -0.15) is 0 Å². The van der Waals surface area contributed by atoms with Gasteiger partial charge in [0, 0.05) is 10.0 Å². The van der Waals surface area contributed by atoms with Crippen molar-refractivity contribution in [3.63, 3.8) is 0 Å². The number of anilines is 1. The van der Waals surface area contributed by atoms with Crippen LogP contribution in [-0.2, 0) is 0 Å². The molecule has 0 bridgehead atoms. The van der Waals surface area contributed by atoms with Crippen LogP contribution >= 0.6 is 39.5 Å². The summed E-state index contributed by atoms with van der Waals surface area (Å²) in [6, 6.07) is 19.2. The van der Waals surface area contributed by atoms with Crippen molar-refractivity contribution in [3.05, 3.63) is 70.7 Å². The van der Waals surface area contributed by atoms with E-state index in [4.69, 9.17) is 12.2 Å². The normalized spacial score (nSPS) is 10.8. The summed E-state index contributed by atoms with van der Waals surface area (Å²) in [5, 5.41) is 8.44. The number of rotatable bonds is 2. The molecule has 7 heteroatoms. The lowest BCUT2D eigenvalue weighted by Crippen LogP contribution is -2.34. The van der Waals surface area contributed by atoms with Gasteiger partial charge in [-0.05, 0) is 47.3 Å². The first-order valence-electron chi connectivity index (χ1n) is 7.77. The Bertz CT molecular complexity index is 1120. The molecular weight excluding hydrogens is 430 g/mol. The first-order chi connectivity index (χ1) is 12.6. The third-order valence-electron chi connectivity index (χ3n) is 3.85. The van der Waals surface area contributed by atoms with Crippen molar-refractivity contribution in [2.24, 2.45) is 0 Å². The molecule has 0 saturated heterocycles. The lowest BCUT2D eigenvalue weighted by Gasteiger charge is -2.10. The standard InChI is InChI=1S/C19H12BrN3OS2/c20-14-8-4-5-11-12(14)6-3-7-13(11)17(24)22-18(25)23-19-21-15-9-1-2-10-16(15)26-19/h1-10H,(H2,21,22,23,24,25). The van der Waals surface area contributed by atoms with Crippen molar-refractivity contribution < 1.29 is 4.79 Å². The number of benzene rings is 3. The van der Waals surface area contributed by atoms with Crippen LogP contribution in [0.4, 0.5) is 5.13 Å². The molecule has 0 aliphatic rings. The number of nitrogens with one attached hydrogen (secondary N) is 2. The first-order valence-corrected chi connectivity index (χ1v) is 9.79. The molecule has 0 spiro atoms. The number of carbonyl (C=O) groups excluding carboxylic acids is 1. The van der Waals surface area contributed by atoms with E-state index in [0.29, 0.717) is 10.7 Å². The van der Waals surface area contributed by atoms with Crippen LogP contribution in [0, 0.1) is 0 Å². The fourth-order valence-corrected chi connectivity index (χ4v) is 4.32. The highest BCUT2D eigenvalue weighted by Crippen LogP contribution is 2.27. The molecule has 0 aliphatic carbocycles. The van der Waals surface area contributed by atoms with Gasteiger partial charge >= 0.3 is 0 Å². The average molecular weight is 442 g/mol. The maximum Gasteiger partial charge on any atom is 0.258 e. The molecule has 1 aromatic heterocycles. The summed E-state index contributed by atoms with van der Waals surface area (Å²) in [6.07, 6.45) is 0. The van der Waals surface area contributed by atoms with Gasteiger partial charge < -0.3 is 5.32 Å². The molecule has 26 heavy (non-hydrogen) atoms. The van der Waals surface area contributed by atoms with E-state index >= 15 is 0 Å². The number of amides is 1. The third-order valence-corrected chi connectivity index (χ3v) is 5.70. The van der Waals surface area contributed by atoms with Crippen LogP contribution in [0.25, 0.3) is 21.0 Å². The van der Waals surface area contributed by atoms with Gasteiger partial charge in [-0.1, -0.05) is 63.7 Å². The molecule has 1 amide bonds. The van der Waals surface area contributed by atoms with Crippen molar-refractivity contribution in [2.75, 3.05) is 5.32 Å². The van der Waals surface area contributed by atoms with Gasteiger partial charge in [0.1, 0.15) is 0 Å². The first kappa shape index (κ1) is 17.1. The minimum absolute atomic E-state index is 0.223. The lowest BCUT2D eigenvalue weighted by molar-refractivity contribution is 0.0979. The van der Waals surface area contributed by atoms with Gasteiger partial charge in [0.05, 0.1) is 10.2 Å². The zero-order valence-electron chi connectivity index (χ0n) is 13.3. The molecular formula is C19H12BrN3OS2. The molecule has 0 fully saturated rings. The Morgan fingerprint density at radius 1 is 1.00 bits per heavy atom. The summed E-state index contributed by atoms with van der Waals surface area (Å²) in [7, 11) is 0. The number of aromatic nitrogens is 1. The van der Waals surface area contributed by atoms with Crippen LogP contribution in [0.2, 0.25) is 0 Å². The Labute approximate surface area is 167 Å². The van der Waals surface area contributed by atoms with Crippen LogP contribution in [-0.4, -0.2) is 16.0 Å². The Balaban J connectivity index is 1.54. The molecule has 0 aliphatic heterocycles. The quantitative estimate of drug-likeness (QED) is 0.412. The highest BCUT2D eigenvalue weighted by molar-refractivity contribution is 9.10. The van der Waals surface area contributed by atoms with E-state index in [1.54, 1.807) is 6.07 Å². The van der Waals surface area contributed by atoms with Crippen LogP contribution < -0.4 is 10.6 Å². The Hall–Kier alpha value is -2.35. The van der Waals surface area contributed by atoms with Gasteiger partial charge in [-0.25, -0.2) is 4.98 Å². The molecule has 3 aromatic carbocycles. The molecule has 4 aromatic rings. The van der Waals surface area contributed by atoms with Gasteiger partial charge in [0.25, 0.3) is 5.91 Å². The van der Waals surface area contributed by atoms with Crippen LogP contribution in [0.1, 0.15) is 10.4 Å². The molecule has 0 saturated carbocycles. The van der Waals surface area contributed by atoms with Gasteiger partial charge in [-0.15, -0.1) is 0 Å². The number of hydrogen-bond acceptors (Lipinski definition) is 4. The summed E-state index contributed by atoms with van der Waals surface area (Å²) >= 11 is 10.3. The maximum absolute atomic E-state index is 12.7. The Morgan fingerprint density at radius 3 is 2.62 bits per heavy atom. The monoisotopic (exact) mass is 441 g/mol. The minimum Gasteiger partial charge on any atom is -0.308 e. The fourth-order valence-electron chi connectivity index (χ4n) is 2.69. The Morgan fingerprint density at radius 2 is 1.77 bits per heavy atom. The fraction of sp³-hybridized carbons (Fsp3) is 0. The second-order valence-electron chi connectivity index (χ2n) is 5.54. The summed E-state index contributed by atoms with van der Waals surface area (Å²) in [5.74, 6) is -0.257. The minimum atomic E-state index is -0.257. The largest absolute Gasteiger partial charge is 0.308 e. The van der Waals surface area contributed by atoms with Crippen molar-refractivity contribution >= 4 is 76.6 Å². The van der Waals surface area contributed by atoms with Gasteiger partial charge in [0.2, 0.25) is 0 Å². The van der Waals surface area contributed by atoms with Crippen molar-refractivity contribution in [1.82, 2.24) is 10.3 Å². The molecule has 4 nitrogen and oxygen atoms in total. The van der Waals surface area contributed by atoms with Crippen LogP contribution in [0.5, 0.6) is 0 Å². The number of carbonyl (C=O) groups is 1. The number of thiazole rings is 1. The van der Waals surface area contributed by atoms with E-state index in [2.05, 4.69) is 31.5 Å². The second-order valence-corrected chi connectivity index (χ2v) is 7.83. The summed E-state index contributed by atoms with van der Waals surface area (Å²) in [5.41, 5.74) is 1.46. The van der Waals surface area contributed by atoms with Crippen molar-refractivity contribution in [2.45, 2.75) is 0 Å². The maximum atomic E-state index is 12.7.